The highest BCUT2D eigenvalue weighted by molar-refractivity contribution is 5.95. The van der Waals surface area contributed by atoms with E-state index in [1.54, 1.807) is 18.3 Å². The number of para-hydroxylation sites is 1. The summed E-state index contributed by atoms with van der Waals surface area (Å²) in [6.07, 6.45) is 1.56. The Kier molecular flexibility index (Phi) is 4.68. The Balaban J connectivity index is 1.66. The van der Waals surface area contributed by atoms with Crippen LogP contribution < -0.4 is 10.6 Å². The van der Waals surface area contributed by atoms with Gasteiger partial charge in [-0.15, -0.1) is 0 Å². The van der Waals surface area contributed by atoms with Gasteiger partial charge in [-0.3, -0.25) is 9.78 Å². The van der Waals surface area contributed by atoms with Crippen LogP contribution in [0.2, 0.25) is 0 Å². The van der Waals surface area contributed by atoms with E-state index in [0.29, 0.717) is 24.2 Å². The Morgan fingerprint density at radius 3 is 2.58 bits per heavy atom. The fourth-order valence-corrected chi connectivity index (χ4v) is 2.47. The highest BCUT2D eigenvalue weighted by Gasteiger charge is 2.08. The molecule has 2 N–H and O–H groups in total. The number of nitrogens with zero attached hydrogens (tertiary/aromatic N) is 2. The number of anilines is 1. The molecule has 0 saturated heterocycles. The molecule has 0 aliphatic carbocycles. The number of nitrogens with one attached hydrogen (secondary N) is 2. The molecule has 0 unspecified atom stereocenters. The fourth-order valence-electron chi connectivity index (χ4n) is 2.47. The second-order valence-corrected chi connectivity index (χ2v) is 5.22. The molecule has 5 heteroatoms. The number of rotatable bonds is 5. The number of hydrogen-bond acceptors (Lipinski definition) is 4. The van der Waals surface area contributed by atoms with Crippen LogP contribution in [-0.2, 0) is 0 Å². The summed E-state index contributed by atoms with van der Waals surface area (Å²) in [5.74, 6) is -0.113. The molecule has 5 nitrogen and oxygen atoms in total. The van der Waals surface area contributed by atoms with E-state index in [2.05, 4.69) is 21.7 Å². The van der Waals surface area contributed by atoms with Crippen LogP contribution in [0.25, 0.3) is 10.9 Å². The van der Waals surface area contributed by atoms with Crippen molar-refractivity contribution in [2.75, 3.05) is 18.4 Å². The monoisotopic (exact) mass is 316 g/mol. The average molecular weight is 316 g/mol. The molecule has 0 spiro atoms. The Morgan fingerprint density at radius 2 is 1.79 bits per heavy atom. The Hall–Kier alpha value is -3.39. The van der Waals surface area contributed by atoms with Crippen LogP contribution in [0.15, 0.2) is 60.8 Å². The van der Waals surface area contributed by atoms with Gasteiger partial charge in [-0.1, -0.05) is 36.4 Å². The van der Waals surface area contributed by atoms with Gasteiger partial charge in [0.2, 0.25) is 0 Å². The van der Waals surface area contributed by atoms with Crippen LogP contribution in [0, 0.1) is 11.3 Å². The fraction of sp³-hybridized carbons (Fsp3) is 0.105. The molecular weight excluding hydrogens is 300 g/mol. The van der Waals surface area contributed by atoms with Crippen molar-refractivity contribution in [3.8, 4) is 6.07 Å². The zero-order valence-electron chi connectivity index (χ0n) is 13.0. The number of carbonyl (C=O) groups is 1. The van der Waals surface area contributed by atoms with E-state index in [4.69, 9.17) is 0 Å². The lowest BCUT2D eigenvalue weighted by molar-refractivity contribution is 0.0955. The maximum Gasteiger partial charge on any atom is 0.251 e. The summed E-state index contributed by atoms with van der Waals surface area (Å²) in [4.78, 5) is 16.3. The molecular formula is C19H16N4O. The summed E-state index contributed by atoms with van der Waals surface area (Å²) in [6.45, 7) is 0.969. The molecule has 1 amide bonds. The smallest absolute Gasteiger partial charge is 0.251 e. The quantitative estimate of drug-likeness (QED) is 0.709. The second kappa shape index (κ2) is 7.25. The molecule has 2 aromatic carbocycles. The van der Waals surface area contributed by atoms with E-state index in [9.17, 15) is 10.1 Å². The molecule has 3 rings (SSSR count). The van der Waals surface area contributed by atoms with Gasteiger partial charge in [-0.2, -0.15) is 5.26 Å². The molecule has 0 fully saturated rings. The summed E-state index contributed by atoms with van der Waals surface area (Å²) in [6, 6.07) is 18.9. The van der Waals surface area contributed by atoms with E-state index < -0.39 is 0 Å². The summed E-state index contributed by atoms with van der Waals surface area (Å²) < 4.78 is 0. The largest absolute Gasteiger partial charge is 0.382 e. The van der Waals surface area contributed by atoms with E-state index in [1.807, 2.05) is 42.5 Å². The van der Waals surface area contributed by atoms with Gasteiger partial charge in [0, 0.05) is 30.2 Å². The van der Waals surface area contributed by atoms with Crippen molar-refractivity contribution in [3.05, 3.63) is 71.9 Å². The van der Waals surface area contributed by atoms with E-state index in [1.165, 1.54) is 0 Å². The Labute approximate surface area is 140 Å². The molecule has 0 atom stereocenters. The molecule has 0 bridgehead atoms. The number of amides is 1. The molecule has 118 valence electrons. The first-order chi connectivity index (χ1) is 11.8. The maximum atomic E-state index is 12.0. The van der Waals surface area contributed by atoms with Crippen LogP contribution in [-0.4, -0.2) is 24.0 Å². The van der Waals surface area contributed by atoms with Gasteiger partial charge in [0.05, 0.1) is 16.8 Å². The molecule has 3 aromatic rings. The van der Waals surface area contributed by atoms with Crippen LogP contribution in [0.5, 0.6) is 0 Å². The van der Waals surface area contributed by atoms with Crippen molar-refractivity contribution in [1.82, 2.24) is 10.3 Å². The average Bonchev–Trinajstić information content (AvgIpc) is 2.65. The normalized spacial score (nSPS) is 10.1. The molecule has 1 aromatic heterocycles. The standard InChI is InChI=1S/C19H16N4O/c20-12-15-13-23-17-9-5-4-8-16(17)18(15)21-10-11-22-19(24)14-6-2-1-3-7-14/h1-9,13H,10-11H2,(H,21,23)(H,22,24). The molecule has 0 aliphatic heterocycles. The van der Waals surface area contributed by atoms with Gasteiger partial charge in [0.1, 0.15) is 6.07 Å². The third-order valence-corrected chi connectivity index (χ3v) is 3.64. The van der Waals surface area contributed by atoms with Crippen LogP contribution in [0.3, 0.4) is 0 Å². The number of benzene rings is 2. The zero-order valence-corrected chi connectivity index (χ0v) is 13.0. The van der Waals surface area contributed by atoms with Crippen molar-refractivity contribution in [1.29, 1.82) is 5.26 Å². The SMILES string of the molecule is N#Cc1cnc2ccccc2c1NCCNC(=O)c1ccccc1. The highest BCUT2D eigenvalue weighted by atomic mass is 16.1. The number of fused-ring (bicyclic) bond motifs is 1. The van der Waals surface area contributed by atoms with Crippen molar-refractivity contribution >= 4 is 22.5 Å². The highest BCUT2D eigenvalue weighted by Crippen LogP contribution is 2.24. The van der Waals surface area contributed by atoms with Crippen LogP contribution in [0.4, 0.5) is 5.69 Å². The summed E-state index contributed by atoms with van der Waals surface area (Å²) in [5, 5.41) is 16.3. The lowest BCUT2D eigenvalue weighted by atomic mass is 10.1. The first-order valence-electron chi connectivity index (χ1n) is 7.64. The molecule has 0 aliphatic rings. The van der Waals surface area contributed by atoms with Gasteiger partial charge in [0.15, 0.2) is 0 Å². The number of pyridine rings is 1. The van der Waals surface area contributed by atoms with Gasteiger partial charge in [0.25, 0.3) is 5.91 Å². The minimum Gasteiger partial charge on any atom is -0.382 e. The van der Waals surface area contributed by atoms with Crippen LogP contribution >= 0.6 is 0 Å². The van der Waals surface area contributed by atoms with Gasteiger partial charge >= 0.3 is 0 Å². The number of carbonyl (C=O) groups excluding carboxylic acids is 1. The van der Waals surface area contributed by atoms with Gasteiger partial charge in [-0.05, 0) is 18.2 Å². The van der Waals surface area contributed by atoms with E-state index in [-0.39, 0.29) is 5.91 Å². The van der Waals surface area contributed by atoms with Crippen LogP contribution in [0.1, 0.15) is 15.9 Å². The first kappa shape index (κ1) is 15.5. The summed E-state index contributed by atoms with van der Waals surface area (Å²) >= 11 is 0. The molecule has 24 heavy (non-hydrogen) atoms. The number of nitriles is 1. The molecule has 0 radical (unpaired) electrons. The lowest BCUT2D eigenvalue weighted by Crippen LogP contribution is -2.28. The van der Waals surface area contributed by atoms with Gasteiger partial charge < -0.3 is 10.6 Å². The van der Waals surface area contributed by atoms with Crippen molar-refractivity contribution in [2.24, 2.45) is 0 Å². The Morgan fingerprint density at radius 1 is 1.04 bits per heavy atom. The van der Waals surface area contributed by atoms with E-state index >= 15 is 0 Å². The maximum absolute atomic E-state index is 12.0. The first-order valence-corrected chi connectivity index (χ1v) is 7.64. The number of hydrogen-bond donors (Lipinski definition) is 2. The third kappa shape index (κ3) is 3.33. The summed E-state index contributed by atoms with van der Waals surface area (Å²) in [5.41, 5.74) is 2.69. The van der Waals surface area contributed by atoms with Crippen molar-refractivity contribution in [3.63, 3.8) is 0 Å². The van der Waals surface area contributed by atoms with Crippen molar-refractivity contribution in [2.45, 2.75) is 0 Å². The third-order valence-electron chi connectivity index (χ3n) is 3.64. The Bertz CT molecular complexity index is 900. The predicted molar refractivity (Wildman–Crippen MR) is 93.7 cm³/mol. The predicted octanol–water partition coefficient (Wildman–Crippen LogP) is 2.95. The van der Waals surface area contributed by atoms with Crippen molar-refractivity contribution < 1.29 is 4.79 Å². The minimum atomic E-state index is -0.113. The van der Waals surface area contributed by atoms with E-state index in [0.717, 1.165) is 16.6 Å². The van der Waals surface area contributed by atoms with Gasteiger partial charge in [-0.25, -0.2) is 0 Å². The molecule has 1 heterocycles. The minimum absolute atomic E-state index is 0.113. The zero-order chi connectivity index (χ0) is 16.8. The topological polar surface area (TPSA) is 77.8 Å². The second-order valence-electron chi connectivity index (χ2n) is 5.22. The summed E-state index contributed by atoms with van der Waals surface area (Å²) in [7, 11) is 0. The lowest BCUT2D eigenvalue weighted by Gasteiger charge is -2.12. The molecule has 0 saturated carbocycles. The number of aromatic nitrogens is 1.